The fraction of sp³-hybridized carbons (Fsp3) is 0. The molecule has 2 aromatic carbocycles. The summed E-state index contributed by atoms with van der Waals surface area (Å²) in [5.41, 5.74) is 6.95. The molecule has 0 spiro atoms. The fourth-order valence-electron chi connectivity index (χ4n) is 2.00. The minimum atomic E-state index is -0.225. The number of benzene rings is 2. The number of nitrogen functional groups attached to an aromatic ring is 1. The van der Waals surface area contributed by atoms with Crippen LogP contribution in [0, 0.1) is 0 Å². The molecule has 0 saturated carbocycles. The molecule has 0 radical (unpaired) electrons. The maximum absolute atomic E-state index is 12.2. The molecule has 0 fully saturated rings. The molecular weight excluding hydrogens is 262 g/mol. The molecular formula is C15H10ClNO2. The van der Waals surface area contributed by atoms with Gasteiger partial charge in [-0.2, -0.15) is 0 Å². The Bertz CT molecular complexity index is 824. The summed E-state index contributed by atoms with van der Waals surface area (Å²) in [5, 5.41) is 1.04. The minimum absolute atomic E-state index is 0.0981. The lowest BCUT2D eigenvalue weighted by Crippen LogP contribution is -2.09. The fourth-order valence-corrected chi connectivity index (χ4v) is 2.19. The van der Waals surface area contributed by atoms with Crippen molar-refractivity contribution in [2.45, 2.75) is 0 Å². The zero-order chi connectivity index (χ0) is 13.4. The molecule has 0 aliphatic carbocycles. The van der Waals surface area contributed by atoms with Crippen LogP contribution in [0.3, 0.4) is 0 Å². The smallest absolute Gasteiger partial charge is 0.216 e. The number of rotatable bonds is 1. The predicted octanol–water partition coefficient (Wildman–Crippen LogP) is 3.70. The molecule has 0 unspecified atom stereocenters. The molecule has 19 heavy (non-hydrogen) atoms. The molecule has 94 valence electrons. The molecule has 0 aliphatic heterocycles. The van der Waals surface area contributed by atoms with E-state index in [9.17, 15) is 4.79 Å². The number of anilines is 1. The van der Waals surface area contributed by atoms with Gasteiger partial charge in [0.05, 0.1) is 5.39 Å². The normalized spacial score (nSPS) is 10.8. The highest BCUT2D eigenvalue weighted by Crippen LogP contribution is 2.28. The van der Waals surface area contributed by atoms with Gasteiger partial charge in [0, 0.05) is 10.6 Å². The van der Waals surface area contributed by atoms with Crippen LogP contribution in [0.2, 0.25) is 5.02 Å². The molecule has 0 aliphatic rings. The number of fused-ring (bicyclic) bond motifs is 1. The molecule has 3 rings (SSSR count). The number of para-hydroxylation sites is 1. The summed E-state index contributed by atoms with van der Waals surface area (Å²) in [6, 6.07) is 14.1. The summed E-state index contributed by atoms with van der Waals surface area (Å²) in [6.07, 6.45) is 0. The molecule has 0 saturated heterocycles. The summed E-state index contributed by atoms with van der Waals surface area (Å²) in [7, 11) is 0. The summed E-state index contributed by atoms with van der Waals surface area (Å²) in [6.45, 7) is 0. The van der Waals surface area contributed by atoms with E-state index < -0.39 is 0 Å². The lowest BCUT2D eigenvalue weighted by Gasteiger charge is -2.06. The zero-order valence-corrected chi connectivity index (χ0v) is 10.6. The zero-order valence-electron chi connectivity index (χ0n) is 9.89. The Kier molecular flexibility index (Phi) is 2.76. The van der Waals surface area contributed by atoms with Crippen molar-refractivity contribution in [3.8, 4) is 11.3 Å². The third kappa shape index (κ3) is 1.98. The highest BCUT2D eigenvalue weighted by Gasteiger charge is 2.13. The molecule has 3 aromatic rings. The van der Waals surface area contributed by atoms with Crippen LogP contribution in [0.4, 0.5) is 5.69 Å². The lowest BCUT2D eigenvalue weighted by molar-refractivity contribution is 0.621. The van der Waals surface area contributed by atoms with E-state index in [0.717, 1.165) is 0 Å². The molecule has 1 aromatic heterocycles. The van der Waals surface area contributed by atoms with E-state index in [0.29, 0.717) is 27.3 Å². The first-order valence-electron chi connectivity index (χ1n) is 5.74. The molecule has 0 atom stereocenters. The van der Waals surface area contributed by atoms with Crippen LogP contribution in [-0.2, 0) is 0 Å². The van der Waals surface area contributed by atoms with E-state index in [4.69, 9.17) is 21.8 Å². The third-order valence-electron chi connectivity index (χ3n) is 2.92. The van der Waals surface area contributed by atoms with E-state index in [-0.39, 0.29) is 11.1 Å². The van der Waals surface area contributed by atoms with Crippen LogP contribution >= 0.6 is 11.6 Å². The summed E-state index contributed by atoms with van der Waals surface area (Å²) in [4.78, 5) is 12.2. The van der Waals surface area contributed by atoms with Gasteiger partial charge in [-0.05, 0) is 24.3 Å². The maximum atomic E-state index is 12.2. The molecule has 1 heterocycles. The van der Waals surface area contributed by atoms with Crippen LogP contribution in [0.1, 0.15) is 0 Å². The van der Waals surface area contributed by atoms with Crippen molar-refractivity contribution in [2.24, 2.45) is 0 Å². The number of hydrogen-bond acceptors (Lipinski definition) is 3. The second kappa shape index (κ2) is 4.44. The van der Waals surface area contributed by atoms with Crippen molar-refractivity contribution in [1.29, 1.82) is 0 Å². The SMILES string of the molecule is Nc1c(-c2cccc(Cl)c2)oc2ccccc2c1=O. The molecule has 3 nitrogen and oxygen atoms in total. The van der Waals surface area contributed by atoms with E-state index in [1.807, 2.05) is 6.07 Å². The second-order valence-electron chi connectivity index (χ2n) is 4.18. The Morgan fingerprint density at radius 2 is 1.84 bits per heavy atom. The summed E-state index contributed by atoms with van der Waals surface area (Å²) >= 11 is 5.94. The highest BCUT2D eigenvalue weighted by atomic mass is 35.5. The maximum Gasteiger partial charge on any atom is 0.216 e. The van der Waals surface area contributed by atoms with E-state index in [1.54, 1.807) is 42.5 Å². The first-order valence-corrected chi connectivity index (χ1v) is 6.12. The van der Waals surface area contributed by atoms with Crippen molar-refractivity contribution >= 4 is 28.3 Å². The first-order chi connectivity index (χ1) is 9.16. The second-order valence-corrected chi connectivity index (χ2v) is 4.62. The van der Waals surface area contributed by atoms with Gasteiger partial charge in [-0.3, -0.25) is 4.79 Å². The molecule has 2 N–H and O–H groups in total. The lowest BCUT2D eigenvalue weighted by atomic mass is 10.1. The van der Waals surface area contributed by atoms with Crippen molar-refractivity contribution in [2.75, 3.05) is 5.73 Å². The Labute approximate surface area is 114 Å². The van der Waals surface area contributed by atoms with Crippen LogP contribution < -0.4 is 11.2 Å². The summed E-state index contributed by atoms with van der Waals surface area (Å²) in [5.74, 6) is 0.353. The third-order valence-corrected chi connectivity index (χ3v) is 3.15. The first kappa shape index (κ1) is 11.8. The molecule has 4 heteroatoms. The van der Waals surface area contributed by atoms with Crippen molar-refractivity contribution in [3.05, 3.63) is 63.8 Å². The van der Waals surface area contributed by atoms with Gasteiger partial charge < -0.3 is 10.2 Å². The highest BCUT2D eigenvalue weighted by molar-refractivity contribution is 6.30. The standard InChI is InChI=1S/C15H10ClNO2/c16-10-5-3-4-9(8-10)15-13(17)14(18)11-6-1-2-7-12(11)19-15/h1-8H,17H2. The van der Waals surface area contributed by atoms with E-state index in [1.165, 1.54) is 0 Å². The van der Waals surface area contributed by atoms with Gasteiger partial charge in [0.2, 0.25) is 5.43 Å². The Hall–Kier alpha value is -2.26. The number of hydrogen-bond donors (Lipinski definition) is 1. The Balaban J connectivity index is 2.36. The van der Waals surface area contributed by atoms with Crippen molar-refractivity contribution < 1.29 is 4.42 Å². The van der Waals surface area contributed by atoms with Crippen molar-refractivity contribution in [1.82, 2.24) is 0 Å². The Morgan fingerprint density at radius 1 is 1.05 bits per heavy atom. The average Bonchev–Trinajstić information content (AvgIpc) is 2.43. The average molecular weight is 272 g/mol. The predicted molar refractivity (Wildman–Crippen MR) is 77.3 cm³/mol. The summed E-state index contributed by atoms with van der Waals surface area (Å²) < 4.78 is 5.73. The van der Waals surface area contributed by atoms with Gasteiger partial charge in [0.1, 0.15) is 11.3 Å². The monoisotopic (exact) mass is 271 g/mol. The van der Waals surface area contributed by atoms with Gasteiger partial charge in [0.25, 0.3) is 0 Å². The topological polar surface area (TPSA) is 56.2 Å². The van der Waals surface area contributed by atoms with Crippen LogP contribution in [0.25, 0.3) is 22.3 Å². The number of nitrogens with two attached hydrogens (primary N) is 1. The largest absolute Gasteiger partial charge is 0.454 e. The quantitative estimate of drug-likeness (QED) is 0.734. The van der Waals surface area contributed by atoms with Crippen LogP contribution in [-0.4, -0.2) is 0 Å². The molecule has 0 bridgehead atoms. The van der Waals surface area contributed by atoms with Crippen molar-refractivity contribution in [3.63, 3.8) is 0 Å². The van der Waals surface area contributed by atoms with Gasteiger partial charge >= 0.3 is 0 Å². The minimum Gasteiger partial charge on any atom is -0.454 e. The van der Waals surface area contributed by atoms with Gasteiger partial charge in [-0.25, -0.2) is 0 Å². The van der Waals surface area contributed by atoms with Crippen LogP contribution in [0.5, 0.6) is 0 Å². The number of halogens is 1. The van der Waals surface area contributed by atoms with Gasteiger partial charge in [-0.1, -0.05) is 35.9 Å². The van der Waals surface area contributed by atoms with Gasteiger partial charge in [0.15, 0.2) is 5.76 Å². The molecule has 0 amide bonds. The van der Waals surface area contributed by atoms with E-state index >= 15 is 0 Å². The van der Waals surface area contributed by atoms with E-state index in [2.05, 4.69) is 0 Å². The van der Waals surface area contributed by atoms with Gasteiger partial charge in [-0.15, -0.1) is 0 Å². The Morgan fingerprint density at radius 3 is 2.63 bits per heavy atom. The van der Waals surface area contributed by atoms with Crippen LogP contribution in [0.15, 0.2) is 57.7 Å².